The highest BCUT2D eigenvalue weighted by molar-refractivity contribution is 5.69. The lowest BCUT2D eigenvalue weighted by Gasteiger charge is -2.08. The highest BCUT2D eigenvalue weighted by atomic mass is 16.5. The molecule has 72 valence electrons. The van der Waals surface area contributed by atoms with Crippen LogP contribution in [0.1, 0.15) is 20.3 Å². The van der Waals surface area contributed by atoms with Crippen LogP contribution < -0.4 is 0 Å². The Bertz CT molecular complexity index is 124. The molecule has 0 rings (SSSR count). The zero-order chi connectivity index (χ0) is 9.40. The van der Waals surface area contributed by atoms with Crippen LogP contribution >= 0.6 is 0 Å². The SMILES string of the molecule is CCOCC(O)CC(=O)OCC. The Morgan fingerprint density at radius 1 is 1.42 bits per heavy atom. The van der Waals surface area contributed by atoms with Crippen molar-refractivity contribution in [3.05, 3.63) is 0 Å². The number of rotatable bonds is 6. The maximum Gasteiger partial charge on any atom is 0.308 e. The Morgan fingerprint density at radius 2 is 2.08 bits per heavy atom. The molecule has 0 heterocycles. The first-order valence-electron chi connectivity index (χ1n) is 4.12. The molecule has 1 N–H and O–H groups in total. The first-order valence-corrected chi connectivity index (χ1v) is 4.12. The van der Waals surface area contributed by atoms with Crippen molar-refractivity contribution in [3.63, 3.8) is 0 Å². The summed E-state index contributed by atoms with van der Waals surface area (Å²) >= 11 is 0. The Balaban J connectivity index is 3.40. The van der Waals surface area contributed by atoms with Crippen molar-refractivity contribution in [2.24, 2.45) is 0 Å². The molecule has 12 heavy (non-hydrogen) atoms. The van der Waals surface area contributed by atoms with Gasteiger partial charge in [0.05, 0.1) is 25.7 Å². The van der Waals surface area contributed by atoms with Gasteiger partial charge in [0.2, 0.25) is 0 Å². The third kappa shape index (κ3) is 6.12. The monoisotopic (exact) mass is 176 g/mol. The van der Waals surface area contributed by atoms with E-state index in [1.54, 1.807) is 6.92 Å². The van der Waals surface area contributed by atoms with Crippen molar-refractivity contribution >= 4 is 5.97 Å². The van der Waals surface area contributed by atoms with E-state index in [9.17, 15) is 4.79 Å². The third-order valence-corrected chi connectivity index (χ3v) is 1.22. The van der Waals surface area contributed by atoms with Crippen molar-refractivity contribution in [2.45, 2.75) is 26.4 Å². The lowest BCUT2D eigenvalue weighted by molar-refractivity contribution is -0.146. The second-order valence-corrected chi connectivity index (χ2v) is 2.32. The van der Waals surface area contributed by atoms with E-state index in [4.69, 9.17) is 9.84 Å². The fraction of sp³-hybridized carbons (Fsp3) is 0.875. The quantitative estimate of drug-likeness (QED) is 0.593. The maximum atomic E-state index is 10.8. The first-order chi connectivity index (χ1) is 5.70. The van der Waals surface area contributed by atoms with Gasteiger partial charge in [-0.2, -0.15) is 0 Å². The molecule has 0 radical (unpaired) electrons. The molecular formula is C8H16O4. The van der Waals surface area contributed by atoms with Gasteiger partial charge in [-0.3, -0.25) is 4.79 Å². The number of hydrogen-bond donors (Lipinski definition) is 1. The second-order valence-electron chi connectivity index (χ2n) is 2.32. The number of aliphatic hydroxyl groups is 1. The lowest BCUT2D eigenvalue weighted by Crippen LogP contribution is -2.20. The highest BCUT2D eigenvalue weighted by Gasteiger charge is 2.10. The van der Waals surface area contributed by atoms with Gasteiger partial charge in [-0.15, -0.1) is 0 Å². The average molecular weight is 176 g/mol. The molecule has 0 aliphatic carbocycles. The van der Waals surface area contributed by atoms with Crippen LogP contribution in [-0.4, -0.2) is 37.0 Å². The number of hydrogen-bond acceptors (Lipinski definition) is 4. The number of carbonyl (C=O) groups is 1. The number of esters is 1. The summed E-state index contributed by atoms with van der Waals surface area (Å²) in [5.41, 5.74) is 0. The summed E-state index contributed by atoms with van der Waals surface area (Å²) in [7, 11) is 0. The van der Waals surface area contributed by atoms with Gasteiger partial charge >= 0.3 is 5.97 Å². The van der Waals surface area contributed by atoms with Gasteiger partial charge in [-0.05, 0) is 13.8 Å². The molecule has 4 heteroatoms. The Morgan fingerprint density at radius 3 is 2.58 bits per heavy atom. The van der Waals surface area contributed by atoms with E-state index in [-0.39, 0.29) is 19.0 Å². The number of carbonyl (C=O) groups excluding carboxylic acids is 1. The fourth-order valence-corrected chi connectivity index (χ4v) is 0.725. The van der Waals surface area contributed by atoms with Crippen molar-refractivity contribution in [1.82, 2.24) is 0 Å². The van der Waals surface area contributed by atoms with Crippen LogP contribution in [0.5, 0.6) is 0 Å². The van der Waals surface area contributed by atoms with E-state index in [2.05, 4.69) is 4.74 Å². The van der Waals surface area contributed by atoms with E-state index >= 15 is 0 Å². The van der Waals surface area contributed by atoms with Crippen LogP contribution in [0, 0.1) is 0 Å². The highest BCUT2D eigenvalue weighted by Crippen LogP contribution is 1.95. The van der Waals surface area contributed by atoms with Gasteiger partial charge in [0.15, 0.2) is 0 Å². The van der Waals surface area contributed by atoms with E-state index < -0.39 is 6.10 Å². The summed E-state index contributed by atoms with van der Waals surface area (Å²) in [5, 5.41) is 9.15. The molecule has 1 unspecified atom stereocenters. The number of aliphatic hydroxyl groups excluding tert-OH is 1. The summed E-state index contributed by atoms with van der Waals surface area (Å²) in [6, 6.07) is 0. The normalized spacial score (nSPS) is 12.6. The summed E-state index contributed by atoms with van der Waals surface area (Å²) < 4.78 is 9.55. The second kappa shape index (κ2) is 7.06. The summed E-state index contributed by atoms with van der Waals surface area (Å²) in [6.45, 7) is 4.64. The van der Waals surface area contributed by atoms with Crippen LogP contribution in [0.2, 0.25) is 0 Å². The van der Waals surface area contributed by atoms with Gasteiger partial charge in [0.1, 0.15) is 0 Å². The molecule has 0 bridgehead atoms. The molecule has 0 fully saturated rings. The molecule has 4 nitrogen and oxygen atoms in total. The molecule has 0 amide bonds. The van der Waals surface area contributed by atoms with E-state index in [0.29, 0.717) is 13.2 Å². The van der Waals surface area contributed by atoms with Crippen molar-refractivity contribution in [2.75, 3.05) is 19.8 Å². The van der Waals surface area contributed by atoms with Gasteiger partial charge in [-0.25, -0.2) is 0 Å². The average Bonchev–Trinajstić information content (AvgIpc) is 2.01. The predicted molar refractivity (Wildman–Crippen MR) is 43.7 cm³/mol. The van der Waals surface area contributed by atoms with Gasteiger partial charge in [-0.1, -0.05) is 0 Å². The molecular weight excluding hydrogens is 160 g/mol. The zero-order valence-corrected chi connectivity index (χ0v) is 7.58. The van der Waals surface area contributed by atoms with Crippen LogP contribution in [-0.2, 0) is 14.3 Å². The first kappa shape index (κ1) is 11.4. The zero-order valence-electron chi connectivity index (χ0n) is 7.58. The van der Waals surface area contributed by atoms with Gasteiger partial charge < -0.3 is 14.6 Å². The Kier molecular flexibility index (Phi) is 6.70. The molecule has 0 saturated heterocycles. The maximum absolute atomic E-state index is 10.8. The van der Waals surface area contributed by atoms with Crippen LogP contribution in [0.25, 0.3) is 0 Å². The largest absolute Gasteiger partial charge is 0.466 e. The van der Waals surface area contributed by atoms with Crippen LogP contribution in [0.4, 0.5) is 0 Å². The molecule has 0 aromatic heterocycles. The smallest absolute Gasteiger partial charge is 0.308 e. The van der Waals surface area contributed by atoms with Crippen molar-refractivity contribution in [1.29, 1.82) is 0 Å². The fourth-order valence-electron chi connectivity index (χ4n) is 0.725. The molecule has 0 aromatic rings. The summed E-state index contributed by atoms with van der Waals surface area (Å²) in [5.74, 6) is -0.385. The van der Waals surface area contributed by atoms with E-state index in [0.717, 1.165) is 0 Å². The minimum absolute atomic E-state index is 0.00778. The molecule has 0 saturated carbocycles. The summed E-state index contributed by atoms with van der Waals surface area (Å²) in [4.78, 5) is 10.8. The molecule has 0 aliphatic heterocycles. The van der Waals surface area contributed by atoms with Gasteiger partial charge in [0, 0.05) is 6.61 Å². The molecule has 0 aromatic carbocycles. The minimum Gasteiger partial charge on any atom is -0.466 e. The standard InChI is InChI=1S/C8H16O4/c1-3-11-6-7(9)5-8(10)12-4-2/h7,9H,3-6H2,1-2H3. The summed E-state index contributed by atoms with van der Waals surface area (Å²) in [6.07, 6.45) is -0.739. The predicted octanol–water partition coefficient (Wildman–Crippen LogP) is 0.337. The third-order valence-electron chi connectivity index (χ3n) is 1.22. The minimum atomic E-state index is -0.746. The van der Waals surface area contributed by atoms with Crippen LogP contribution in [0.3, 0.4) is 0 Å². The van der Waals surface area contributed by atoms with E-state index in [1.165, 1.54) is 0 Å². The van der Waals surface area contributed by atoms with Crippen molar-refractivity contribution < 1.29 is 19.4 Å². The van der Waals surface area contributed by atoms with E-state index in [1.807, 2.05) is 6.92 Å². The lowest BCUT2D eigenvalue weighted by atomic mass is 10.3. The Hall–Kier alpha value is -0.610. The van der Waals surface area contributed by atoms with Crippen molar-refractivity contribution in [3.8, 4) is 0 Å². The molecule has 0 aliphatic rings. The number of ether oxygens (including phenoxy) is 2. The van der Waals surface area contributed by atoms with Gasteiger partial charge in [0.25, 0.3) is 0 Å². The molecule has 0 spiro atoms. The van der Waals surface area contributed by atoms with Crippen LogP contribution in [0.15, 0.2) is 0 Å². The molecule has 1 atom stereocenters. The topological polar surface area (TPSA) is 55.8 Å². The Labute approximate surface area is 72.5 Å².